The van der Waals surface area contributed by atoms with Crippen molar-refractivity contribution in [3.05, 3.63) is 24.3 Å². The van der Waals surface area contributed by atoms with E-state index in [1.807, 2.05) is 0 Å². The zero-order chi connectivity index (χ0) is 16.7. The first-order chi connectivity index (χ1) is 10.9. The van der Waals surface area contributed by atoms with E-state index in [1.54, 1.807) is 24.3 Å². The molecule has 23 heavy (non-hydrogen) atoms. The van der Waals surface area contributed by atoms with E-state index in [0.717, 1.165) is 31.5 Å². The molecule has 0 aromatic heterocycles. The van der Waals surface area contributed by atoms with Crippen LogP contribution in [0.4, 0.5) is 5.69 Å². The fraction of sp³-hybridized carbons (Fsp3) is 0.533. The minimum atomic E-state index is -3.27. The van der Waals surface area contributed by atoms with Gasteiger partial charge in [-0.05, 0) is 37.1 Å². The summed E-state index contributed by atoms with van der Waals surface area (Å²) >= 11 is 0. The predicted molar refractivity (Wildman–Crippen MR) is 87.0 cm³/mol. The molecular formula is C15H22N2O5S. The van der Waals surface area contributed by atoms with Gasteiger partial charge >= 0.3 is 0 Å². The Balaban J connectivity index is 1.72. The molecule has 2 N–H and O–H groups in total. The van der Waals surface area contributed by atoms with Gasteiger partial charge in [-0.2, -0.15) is 0 Å². The zero-order valence-corrected chi connectivity index (χ0v) is 13.9. The molecule has 1 amide bonds. The third kappa shape index (κ3) is 6.98. The third-order valence-corrected chi connectivity index (χ3v) is 4.04. The maximum absolute atomic E-state index is 11.7. The Labute approximate surface area is 136 Å². The fourth-order valence-corrected chi connectivity index (χ4v) is 2.65. The first-order valence-corrected chi connectivity index (χ1v) is 9.40. The third-order valence-electron chi connectivity index (χ3n) is 3.31. The summed E-state index contributed by atoms with van der Waals surface area (Å²) in [5.41, 5.74) is 0.638. The standard InChI is InChI=1S/C15H22N2O5S/c1-23(19,20)16-9-8-15(18)17-12-4-6-13(7-5-12)22-11-14-3-2-10-21-14/h4-7,14,16H,2-3,8-11H2,1H3,(H,17,18). The minimum Gasteiger partial charge on any atom is -0.491 e. The van der Waals surface area contributed by atoms with E-state index in [4.69, 9.17) is 9.47 Å². The Morgan fingerprint density at radius 1 is 1.35 bits per heavy atom. The molecule has 1 aromatic carbocycles. The molecule has 7 nitrogen and oxygen atoms in total. The Morgan fingerprint density at radius 3 is 2.70 bits per heavy atom. The average molecular weight is 342 g/mol. The first-order valence-electron chi connectivity index (χ1n) is 7.51. The van der Waals surface area contributed by atoms with Crippen LogP contribution >= 0.6 is 0 Å². The summed E-state index contributed by atoms with van der Waals surface area (Å²) in [5.74, 6) is 0.464. The number of hydrogen-bond donors (Lipinski definition) is 2. The summed E-state index contributed by atoms with van der Waals surface area (Å²) in [7, 11) is -3.27. The van der Waals surface area contributed by atoms with Gasteiger partial charge in [0.1, 0.15) is 12.4 Å². The van der Waals surface area contributed by atoms with Crippen molar-refractivity contribution >= 4 is 21.6 Å². The van der Waals surface area contributed by atoms with Crippen LogP contribution < -0.4 is 14.8 Å². The number of benzene rings is 1. The number of anilines is 1. The fourth-order valence-electron chi connectivity index (χ4n) is 2.17. The maximum Gasteiger partial charge on any atom is 0.225 e. The summed E-state index contributed by atoms with van der Waals surface area (Å²) in [6.45, 7) is 1.41. The van der Waals surface area contributed by atoms with Gasteiger partial charge in [-0.25, -0.2) is 13.1 Å². The van der Waals surface area contributed by atoms with Crippen LogP contribution in [0.25, 0.3) is 0 Å². The number of carbonyl (C=O) groups excluding carboxylic acids is 1. The number of nitrogens with one attached hydrogen (secondary N) is 2. The summed E-state index contributed by atoms with van der Waals surface area (Å²) in [6.07, 6.45) is 3.39. The zero-order valence-electron chi connectivity index (χ0n) is 13.1. The highest BCUT2D eigenvalue weighted by Crippen LogP contribution is 2.18. The van der Waals surface area contributed by atoms with Gasteiger partial charge in [0.2, 0.25) is 15.9 Å². The molecule has 1 aliphatic heterocycles. The van der Waals surface area contributed by atoms with E-state index in [2.05, 4.69) is 10.0 Å². The molecule has 1 heterocycles. The number of rotatable bonds is 8. The molecule has 8 heteroatoms. The van der Waals surface area contributed by atoms with Crippen molar-refractivity contribution in [3.8, 4) is 5.75 Å². The van der Waals surface area contributed by atoms with Crippen LogP contribution in [0.1, 0.15) is 19.3 Å². The van der Waals surface area contributed by atoms with Crippen LogP contribution in [0.3, 0.4) is 0 Å². The number of hydrogen-bond acceptors (Lipinski definition) is 5. The monoisotopic (exact) mass is 342 g/mol. The van der Waals surface area contributed by atoms with Crippen molar-refractivity contribution in [2.24, 2.45) is 0 Å². The van der Waals surface area contributed by atoms with Crippen LogP contribution in [0.2, 0.25) is 0 Å². The molecule has 1 aliphatic rings. The highest BCUT2D eigenvalue weighted by atomic mass is 32.2. The molecule has 1 atom stereocenters. The van der Waals surface area contributed by atoms with Gasteiger partial charge in [-0.1, -0.05) is 0 Å². The molecule has 0 saturated carbocycles. The Morgan fingerprint density at radius 2 is 2.09 bits per heavy atom. The lowest BCUT2D eigenvalue weighted by molar-refractivity contribution is -0.116. The molecule has 1 unspecified atom stereocenters. The molecule has 0 aliphatic carbocycles. The highest BCUT2D eigenvalue weighted by Gasteiger charge is 2.15. The van der Waals surface area contributed by atoms with E-state index < -0.39 is 10.0 Å². The summed E-state index contributed by atoms with van der Waals surface area (Å²) in [6, 6.07) is 7.04. The summed E-state index contributed by atoms with van der Waals surface area (Å²) < 4.78 is 35.2. The van der Waals surface area contributed by atoms with Crippen LogP contribution in [-0.4, -0.2) is 46.4 Å². The molecule has 2 rings (SSSR count). The van der Waals surface area contributed by atoms with Gasteiger partial charge in [-0.3, -0.25) is 4.79 Å². The summed E-state index contributed by atoms with van der Waals surface area (Å²) in [4.78, 5) is 11.7. The summed E-state index contributed by atoms with van der Waals surface area (Å²) in [5, 5.41) is 2.70. The van der Waals surface area contributed by atoms with E-state index in [-0.39, 0.29) is 25.0 Å². The van der Waals surface area contributed by atoms with Gasteiger partial charge in [0.15, 0.2) is 0 Å². The number of amides is 1. The van der Waals surface area contributed by atoms with Crippen LogP contribution in [-0.2, 0) is 19.6 Å². The van der Waals surface area contributed by atoms with Crippen LogP contribution in [0.15, 0.2) is 24.3 Å². The second-order valence-corrected chi connectivity index (χ2v) is 7.27. The van der Waals surface area contributed by atoms with Crippen LogP contribution in [0, 0.1) is 0 Å². The molecule has 1 saturated heterocycles. The van der Waals surface area contributed by atoms with Crippen molar-refractivity contribution in [3.63, 3.8) is 0 Å². The Kier molecular flexibility index (Phi) is 6.37. The Hall–Kier alpha value is -1.64. The van der Waals surface area contributed by atoms with Gasteiger partial charge in [0.25, 0.3) is 0 Å². The average Bonchev–Trinajstić information content (AvgIpc) is 2.98. The SMILES string of the molecule is CS(=O)(=O)NCCC(=O)Nc1ccc(OCC2CCCO2)cc1. The van der Waals surface area contributed by atoms with Crippen molar-refractivity contribution in [2.45, 2.75) is 25.4 Å². The van der Waals surface area contributed by atoms with Gasteiger partial charge in [0.05, 0.1) is 12.4 Å². The van der Waals surface area contributed by atoms with Gasteiger partial charge in [-0.15, -0.1) is 0 Å². The van der Waals surface area contributed by atoms with Crippen molar-refractivity contribution in [2.75, 3.05) is 31.3 Å². The Bertz CT molecular complexity index is 609. The predicted octanol–water partition coefficient (Wildman–Crippen LogP) is 1.12. The molecule has 0 radical (unpaired) electrons. The molecular weight excluding hydrogens is 320 g/mol. The molecule has 1 fully saturated rings. The van der Waals surface area contributed by atoms with Crippen molar-refractivity contribution in [1.82, 2.24) is 4.72 Å². The normalized spacial score (nSPS) is 17.9. The maximum atomic E-state index is 11.7. The lowest BCUT2D eigenvalue weighted by Gasteiger charge is -2.12. The van der Waals surface area contributed by atoms with E-state index in [9.17, 15) is 13.2 Å². The first kappa shape index (κ1) is 17.7. The van der Waals surface area contributed by atoms with Gasteiger partial charge in [0, 0.05) is 25.3 Å². The quantitative estimate of drug-likeness (QED) is 0.738. The molecule has 128 valence electrons. The number of carbonyl (C=O) groups is 1. The van der Waals surface area contributed by atoms with Crippen molar-refractivity contribution in [1.29, 1.82) is 0 Å². The molecule has 1 aromatic rings. The number of sulfonamides is 1. The largest absolute Gasteiger partial charge is 0.491 e. The molecule has 0 spiro atoms. The van der Waals surface area contributed by atoms with E-state index in [1.165, 1.54) is 0 Å². The van der Waals surface area contributed by atoms with E-state index in [0.29, 0.717) is 12.3 Å². The highest BCUT2D eigenvalue weighted by molar-refractivity contribution is 7.88. The number of ether oxygens (including phenoxy) is 2. The smallest absolute Gasteiger partial charge is 0.225 e. The lowest BCUT2D eigenvalue weighted by Crippen LogP contribution is -2.26. The molecule has 0 bridgehead atoms. The minimum absolute atomic E-state index is 0.0738. The van der Waals surface area contributed by atoms with Crippen molar-refractivity contribution < 1.29 is 22.7 Å². The lowest BCUT2D eigenvalue weighted by atomic mass is 10.2. The van der Waals surface area contributed by atoms with Gasteiger partial charge < -0.3 is 14.8 Å². The second kappa shape index (κ2) is 8.28. The van der Waals surface area contributed by atoms with Crippen LogP contribution in [0.5, 0.6) is 5.75 Å². The van der Waals surface area contributed by atoms with E-state index >= 15 is 0 Å². The topological polar surface area (TPSA) is 93.7 Å². The second-order valence-electron chi connectivity index (χ2n) is 5.44.